The summed E-state index contributed by atoms with van der Waals surface area (Å²) in [6.07, 6.45) is 15.2. The average Bonchev–Trinajstić information content (AvgIpc) is 2.68. The van der Waals surface area contributed by atoms with Gasteiger partial charge in [0.15, 0.2) is 0 Å². The molecule has 2 aromatic carbocycles. The van der Waals surface area contributed by atoms with Crippen LogP contribution in [0.15, 0.2) is 30.3 Å². The molecule has 0 fully saturated rings. The molecule has 136 valence electrons. The Morgan fingerprint density at radius 2 is 1.62 bits per heavy atom. The summed E-state index contributed by atoms with van der Waals surface area (Å²) in [6, 6.07) is 10.2. The number of ether oxygens (including phenoxy) is 2. The summed E-state index contributed by atoms with van der Waals surface area (Å²) in [5, 5.41) is 2.01. The Morgan fingerprint density at radius 3 is 2.27 bits per heavy atom. The van der Waals surface area contributed by atoms with Gasteiger partial charge in [-0.3, -0.25) is 0 Å². The van der Waals surface area contributed by atoms with E-state index in [9.17, 15) is 0 Å². The highest BCUT2D eigenvalue weighted by Gasteiger charge is 2.21. The van der Waals surface area contributed by atoms with Crippen LogP contribution in [0.25, 0.3) is 10.8 Å². The van der Waals surface area contributed by atoms with Crippen molar-refractivity contribution in [3.05, 3.63) is 35.9 Å². The van der Waals surface area contributed by atoms with Gasteiger partial charge >= 0.3 is 0 Å². The Bertz CT molecular complexity index is 816. The molecule has 26 heavy (non-hydrogen) atoms. The summed E-state index contributed by atoms with van der Waals surface area (Å²) < 4.78 is 11.6. The molecule has 0 N–H and O–H groups in total. The third-order valence-corrected chi connectivity index (χ3v) is 5.37. The van der Waals surface area contributed by atoms with Gasteiger partial charge < -0.3 is 9.47 Å². The van der Waals surface area contributed by atoms with Crippen LogP contribution in [0.4, 0.5) is 0 Å². The molecular formula is C24H28O2. The van der Waals surface area contributed by atoms with Crippen LogP contribution < -0.4 is 9.47 Å². The fourth-order valence-electron chi connectivity index (χ4n) is 3.11. The van der Waals surface area contributed by atoms with Gasteiger partial charge in [-0.25, -0.2) is 0 Å². The predicted octanol–water partition coefficient (Wildman–Crippen LogP) is 5.62. The van der Waals surface area contributed by atoms with E-state index in [-0.39, 0.29) is 13.2 Å². The lowest BCUT2D eigenvalue weighted by molar-refractivity contribution is 0.271. The highest BCUT2D eigenvalue weighted by atomic mass is 16.5. The summed E-state index contributed by atoms with van der Waals surface area (Å²) in [5.74, 6) is 6.71. The molecule has 0 heterocycles. The lowest BCUT2D eigenvalue weighted by atomic mass is 9.79. The molecule has 2 heteroatoms. The van der Waals surface area contributed by atoms with Crippen molar-refractivity contribution in [2.75, 3.05) is 13.2 Å². The van der Waals surface area contributed by atoms with Crippen LogP contribution in [-0.4, -0.2) is 13.2 Å². The molecule has 2 aromatic rings. The third kappa shape index (κ3) is 4.53. The summed E-state index contributed by atoms with van der Waals surface area (Å²) in [6.45, 7) is 7.36. The summed E-state index contributed by atoms with van der Waals surface area (Å²) in [4.78, 5) is 0. The zero-order valence-electron chi connectivity index (χ0n) is 16.1. The van der Waals surface area contributed by atoms with Crippen molar-refractivity contribution in [3.8, 4) is 36.2 Å². The first kappa shape index (κ1) is 19.7. The molecule has 0 saturated heterocycles. The van der Waals surface area contributed by atoms with Crippen molar-refractivity contribution >= 4 is 10.8 Å². The van der Waals surface area contributed by atoms with Crippen molar-refractivity contribution in [2.45, 2.75) is 46.5 Å². The Kier molecular flexibility index (Phi) is 6.99. The van der Waals surface area contributed by atoms with Crippen LogP contribution in [0, 0.1) is 30.1 Å². The molecule has 0 aliphatic carbocycles. The lowest BCUT2D eigenvalue weighted by Gasteiger charge is -2.27. The number of terminal acetylenes is 2. The van der Waals surface area contributed by atoms with E-state index in [1.54, 1.807) is 0 Å². The lowest BCUT2D eigenvalue weighted by Crippen LogP contribution is -2.15. The van der Waals surface area contributed by atoms with Gasteiger partial charge in [0.05, 0.1) is 0 Å². The zero-order chi connectivity index (χ0) is 19.0. The molecule has 0 radical (unpaired) electrons. The van der Waals surface area contributed by atoms with Crippen molar-refractivity contribution in [1.82, 2.24) is 0 Å². The minimum atomic E-state index is 0.243. The number of benzene rings is 2. The Balaban J connectivity index is 2.44. The molecule has 0 saturated carbocycles. The van der Waals surface area contributed by atoms with E-state index in [2.05, 4.69) is 44.7 Å². The molecule has 0 aliphatic rings. The van der Waals surface area contributed by atoms with Crippen LogP contribution in [0.3, 0.4) is 0 Å². The van der Waals surface area contributed by atoms with E-state index >= 15 is 0 Å². The predicted molar refractivity (Wildman–Crippen MR) is 110 cm³/mol. The second-order valence-electron chi connectivity index (χ2n) is 6.91. The second-order valence-corrected chi connectivity index (χ2v) is 6.91. The monoisotopic (exact) mass is 348 g/mol. The van der Waals surface area contributed by atoms with E-state index in [4.69, 9.17) is 22.3 Å². The number of aryl methyl sites for hydroxylation is 1. The van der Waals surface area contributed by atoms with E-state index in [0.29, 0.717) is 5.41 Å². The Hall–Kier alpha value is -2.58. The number of rotatable bonds is 9. The van der Waals surface area contributed by atoms with Crippen LogP contribution in [0.5, 0.6) is 11.5 Å². The van der Waals surface area contributed by atoms with Gasteiger partial charge in [0, 0.05) is 10.8 Å². The Labute approximate surface area is 157 Å². The maximum atomic E-state index is 5.96. The van der Waals surface area contributed by atoms with Crippen LogP contribution in [-0.2, 0) is 6.42 Å². The Morgan fingerprint density at radius 1 is 0.923 bits per heavy atom. The SMILES string of the molecule is C#CCOc1cccc2c(OCC#C)c(CCC(C)(CC)CC)ccc12. The number of hydrogen-bond acceptors (Lipinski definition) is 2. The van der Waals surface area contributed by atoms with Crippen molar-refractivity contribution in [3.63, 3.8) is 0 Å². The average molecular weight is 348 g/mol. The maximum absolute atomic E-state index is 5.96. The first-order chi connectivity index (χ1) is 12.6. The highest BCUT2D eigenvalue weighted by molar-refractivity contribution is 5.94. The molecule has 0 unspecified atom stereocenters. The first-order valence-electron chi connectivity index (χ1n) is 9.25. The normalized spacial score (nSPS) is 11.0. The van der Waals surface area contributed by atoms with Gasteiger partial charge in [-0.1, -0.05) is 69.7 Å². The molecule has 0 atom stereocenters. The van der Waals surface area contributed by atoms with Gasteiger partial charge in [0.1, 0.15) is 24.7 Å². The summed E-state index contributed by atoms with van der Waals surface area (Å²) in [5.41, 5.74) is 1.53. The van der Waals surface area contributed by atoms with E-state index in [1.807, 2.05) is 18.2 Å². The van der Waals surface area contributed by atoms with Gasteiger partial charge in [-0.2, -0.15) is 0 Å². The molecule has 2 rings (SSSR count). The third-order valence-electron chi connectivity index (χ3n) is 5.37. The van der Waals surface area contributed by atoms with E-state index in [1.165, 1.54) is 18.4 Å². The van der Waals surface area contributed by atoms with Gasteiger partial charge in [0.2, 0.25) is 0 Å². The molecule has 0 aliphatic heterocycles. The van der Waals surface area contributed by atoms with Crippen molar-refractivity contribution < 1.29 is 9.47 Å². The smallest absolute Gasteiger partial charge is 0.148 e. The maximum Gasteiger partial charge on any atom is 0.148 e. The van der Waals surface area contributed by atoms with E-state index in [0.717, 1.165) is 35.1 Å². The molecule has 0 spiro atoms. The van der Waals surface area contributed by atoms with Crippen LogP contribution in [0.1, 0.15) is 45.6 Å². The summed E-state index contributed by atoms with van der Waals surface area (Å²) in [7, 11) is 0. The van der Waals surface area contributed by atoms with Crippen LogP contribution in [0.2, 0.25) is 0 Å². The topological polar surface area (TPSA) is 18.5 Å². The first-order valence-corrected chi connectivity index (χ1v) is 9.25. The fraction of sp³-hybridized carbons (Fsp3) is 0.417. The second kappa shape index (κ2) is 9.21. The molecule has 2 nitrogen and oxygen atoms in total. The highest BCUT2D eigenvalue weighted by Crippen LogP contribution is 2.38. The van der Waals surface area contributed by atoms with Crippen molar-refractivity contribution in [2.24, 2.45) is 5.41 Å². The molecule has 0 bridgehead atoms. The minimum Gasteiger partial charge on any atom is -0.480 e. The molecule has 0 aromatic heterocycles. The quantitative estimate of drug-likeness (QED) is 0.547. The zero-order valence-corrected chi connectivity index (χ0v) is 16.1. The summed E-state index contributed by atoms with van der Waals surface area (Å²) >= 11 is 0. The minimum absolute atomic E-state index is 0.243. The number of fused-ring (bicyclic) bond motifs is 1. The van der Waals surface area contributed by atoms with Gasteiger partial charge in [-0.15, -0.1) is 12.8 Å². The largest absolute Gasteiger partial charge is 0.480 e. The fourth-order valence-corrected chi connectivity index (χ4v) is 3.11. The standard InChI is InChI=1S/C24H28O2/c1-6-17-25-22-12-10-11-21-20(22)14-13-19(23(21)26-18-7-2)15-16-24(5,8-3)9-4/h1-2,10-14H,8-9,15-18H2,3-5H3. The molecule has 0 amide bonds. The molecular weight excluding hydrogens is 320 g/mol. The van der Waals surface area contributed by atoms with Gasteiger partial charge in [0.25, 0.3) is 0 Å². The van der Waals surface area contributed by atoms with Gasteiger partial charge in [-0.05, 0) is 29.9 Å². The van der Waals surface area contributed by atoms with E-state index < -0.39 is 0 Å². The van der Waals surface area contributed by atoms with Crippen LogP contribution >= 0.6 is 0 Å². The number of hydrogen-bond donors (Lipinski definition) is 0. The van der Waals surface area contributed by atoms with Crippen molar-refractivity contribution in [1.29, 1.82) is 0 Å².